The number of hydrogen-bond donors (Lipinski definition) is 0. The maximum Gasteiger partial charge on any atom is 0.145 e. The van der Waals surface area contributed by atoms with Gasteiger partial charge in [0.05, 0.1) is 20.8 Å². The lowest BCUT2D eigenvalue weighted by Gasteiger charge is -2.20. The van der Waals surface area contributed by atoms with E-state index in [0.717, 1.165) is 18.4 Å². The summed E-state index contributed by atoms with van der Waals surface area (Å²) >= 11 is 0. The van der Waals surface area contributed by atoms with E-state index >= 15 is 0 Å². The van der Waals surface area contributed by atoms with Gasteiger partial charge in [-0.15, -0.1) is 0 Å². The summed E-state index contributed by atoms with van der Waals surface area (Å²) in [5.74, 6) is 2.31. The zero-order valence-electron chi connectivity index (χ0n) is 17.9. The highest BCUT2D eigenvalue weighted by atomic mass is 16.5. The molecule has 0 N–H and O–H groups in total. The molecule has 0 aliphatic rings. The molecule has 0 radical (unpaired) electrons. The van der Waals surface area contributed by atoms with Gasteiger partial charge >= 0.3 is 0 Å². The van der Waals surface area contributed by atoms with Crippen LogP contribution in [0.5, 0.6) is 11.5 Å². The molecule has 0 saturated carbocycles. The van der Waals surface area contributed by atoms with Gasteiger partial charge in [-0.2, -0.15) is 5.26 Å². The molecule has 29 heavy (non-hydrogen) atoms. The van der Waals surface area contributed by atoms with Crippen LogP contribution in [0.4, 0.5) is 0 Å². The van der Waals surface area contributed by atoms with E-state index < -0.39 is 0 Å². The quantitative estimate of drug-likeness (QED) is 0.254. The van der Waals surface area contributed by atoms with E-state index in [1.54, 1.807) is 14.2 Å². The van der Waals surface area contributed by atoms with E-state index in [1.165, 1.54) is 12.8 Å². The van der Waals surface area contributed by atoms with Gasteiger partial charge in [-0.1, -0.05) is 63.4 Å². The molecule has 2 rings (SSSR count). The van der Waals surface area contributed by atoms with E-state index in [1.807, 2.05) is 48.5 Å². The van der Waals surface area contributed by atoms with Crippen LogP contribution in [0.25, 0.3) is 11.3 Å². The first-order chi connectivity index (χ1) is 14.2. The third kappa shape index (κ3) is 6.02. The molecule has 0 amide bonds. The van der Waals surface area contributed by atoms with E-state index in [-0.39, 0.29) is 0 Å². The molecule has 4 heteroatoms. The van der Waals surface area contributed by atoms with Gasteiger partial charge in [0.1, 0.15) is 28.9 Å². The van der Waals surface area contributed by atoms with Crippen molar-refractivity contribution in [3.63, 3.8) is 0 Å². The molecule has 154 valence electrons. The topological polar surface area (TPSA) is 51.5 Å². The minimum Gasteiger partial charge on any atom is -0.497 e. The van der Waals surface area contributed by atoms with Gasteiger partial charge in [-0.3, -0.25) is 0 Å². The number of nitrogens with zero attached hydrogens (tertiary/aromatic N) is 1. The fraction of sp³-hybridized carbons (Fsp3) is 0.400. The predicted octanol–water partition coefficient (Wildman–Crippen LogP) is 6.33. The van der Waals surface area contributed by atoms with Gasteiger partial charge in [0, 0.05) is 11.1 Å². The fourth-order valence-corrected chi connectivity index (χ4v) is 3.23. The molecule has 0 fully saturated rings. The van der Waals surface area contributed by atoms with Crippen molar-refractivity contribution in [3.05, 3.63) is 59.7 Å². The number of methoxy groups -OCH3 is 2. The second-order valence-corrected chi connectivity index (χ2v) is 6.98. The Balaban J connectivity index is 2.53. The third-order valence-corrected chi connectivity index (χ3v) is 5.06. The van der Waals surface area contributed by atoms with E-state index in [4.69, 9.17) is 14.2 Å². The Morgan fingerprint density at radius 1 is 1.03 bits per heavy atom. The smallest absolute Gasteiger partial charge is 0.145 e. The lowest BCUT2D eigenvalue weighted by molar-refractivity contribution is 0.204. The second kappa shape index (κ2) is 11.8. The Bertz CT molecular complexity index is 837. The molecular weight excluding hydrogens is 362 g/mol. The van der Waals surface area contributed by atoms with Crippen molar-refractivity contribution in [1.29, 1.82) is 5.26 Å². The lowest BCUT2D eigenvalue weighted by atomic mass is 9.99. The molecule has 0 aromatic heterocycles. The molecule has 4 nitrogen and oxygen atoms in total. The summed E-state index contributed by atoms with van der Waals surface area (Å²) in [4.78, 5) is 0. The van der Waals surface area contributed by atoms with Gasteiger partial charge in [0.15, 0.2) is 0 Å². The van der Waals surface area contributed by atoms with Gasteiger partial charge in [0.25, 0.3) is 0 Å². The van der Waals surface area contributed by atoms with Crippen molar-refractivity contribution >= 4 is 11.3 Å². The third-order valence-electron chi connectivity index (χ3n) is 5.06. The van der Waals surface area contributed by atoms with Gasteiger partial charge < -0.3 is 14.2 Å². The molecule has 0 aliphatic heterocycles. The highest BCUT2D eigenvalue weighted by Gasteiger charge is 2.19. The molecule has 0 aliphatic carbocycles. The monoisotopic (exact) mass is 393 g/mol. The SMILES string of the molecule is CCCCC(CC)COC(=C(C#N)c1cc(OC)ccc1OC)c1ccccc1. The lowest BCUT2D eigenvalue weighted by Crippen LogP contribution is -2.09. The summed E-state index contributed by atoms with van der Waals surface area (Å²) in [5, 5.41) is 10.1. The largest absolute Gasteiger partial charge is 0.497 e. The summed E-state index contributed by atoms with van der Waals surface area (Å²) in [6, 6.07) is 17.6. The maximum atomic E-state index is 10.1. The number of nitriles is 1. The average molecular weight is 394 g/mol. The Morgan fingerprint density at radius 2 is 1.79 bits per heavy atom. The molecule has 2 aromatic carbocycles. The van der Waals surface area contributed by atoms with Crippen LogP contribution in [0, 0.1) is 17.2 Å². The first-order valence-electron chi connectivity index (χ1n) is 10.2. The van der Waals surface area contributed by atoms with Crippen LogP contribution >= 0.6 is 0 Å². The van der Waals surface area contributed by atoms with Crippen LogP contribution < -0.4 is 9.47 Å². The predicted molar refractivity (Wildman–Crippen MR) is 118 cm³/mol. The highest BCUT2D eigenvalue weighted by molar-refractivity contribution is 5.96. The van der Waals surface area contributed by atoms with E-state index in [0.29, 0.717) is 40.9 Å². The highest BCUT2D eigenvalue weighted by Crippen LogP contribution is 2.35. The van der Waals surface area contributed by atoms with Crippen LogP contribution in [0.15, 0.2) is 48.5 Å². The Kier molecular flexibility index (Phi) is 9.11. The van der Waals surface area contributed by atoms with Crippen LogP contribution in [0.3, 0.4) is 0 Å². The summed E-state index contributed by atoms with van der Waals surface area (Å²) in [6.45, 7) is 4.97. The van der Waals surface area contributed by atoms with Gasteiger partial charge in [-0.25, -0.2) is 0 Å². The fourth-order valence-electron chi connectivity index (χ4n) is 3.23. The zero-order chi connectivity index (χ0) is 21.1. The summed E-state index contributed by atoms with van der Waals surface area (Å²) < 4.78 is 17.2. The second-order valence-electron chi connectivity index (χ2n) is 6.98. The molecule has 0 saturated heterocycles. The van der Waals surface area contributed by atoms with Crippen molar-refractivity contribution < 1.29 is 14.2 Å². The van der Waals surface area contributed by atoms with Crippen molar-refractivity contribution in [2.24, 2.45) is 5.92 Å². The Labute approximate surface area is 174 Å². The number of ether oxygens (including phenoxy) is 3. The number of unbranched alkanes of at least 4 members (excludes halogenated alkanes) is 1. The summed E-state index contributed by atoms with van der Waals surface area (Å²) in [7, 11) is 3.21. The number of rotatable bonds is 11. The molecule has 0 spiro atoms. The zero-order valence-corrected chi connectivity index (χ0v) is 17.9. The van der Waals surface area contributed by atoms with E-state index in [2.05, 4.69) is 19.9 Å². The normalized spacial score (nSPS) is 12.5. The molecule has 2 aromatic rings. The van der Waals surface area contributed by atoms with Crippen LogP contribution in [-0.4, -0.2) is 20.8 Å². The number of benzene rings is 2. The first kappa shape index (κ1) is 22.4. The number of allylic oxidation sites excluding steroid dienone is 1. The van der Waals surface area contributed by atoms with Crippen LogP contribution in [-0.2, 0) is 4.74 Å². The summed E-state index contributed by atoms with van der Waals surface area (Å²) in [6.07, 6.45) is 4.52. The van der Waals surface area contributed by atoms with Gasteiger partial charge in [-0.05, 0) is 30.5 Å². The Morgan fingerprint density at radius 3 is 2.38 bits per heavy atom. The van der Waals surface area contributed by atoms with Crippen molar-refractivity contribution in [1.82, 2.24) is 0 Å². The molecule has 1 unspecified atom stereocenters. The molecule has 0 heterocycles. The van der Waals surface area contributed by atoms with Crippen molar-refractivity contribution in [3.8, 4) is 17.6 Å². The molecule has 1 atom stereocenters. The molecular formula is C25H31NO3. The molecule has 0 bridgehead atoms. The van der Waals surface area contributed by atoms with Crippen molar-refractivity contribution in [2.75, 3.05) is 20.8 Å². The number of hydrogen-bond acceptors (Lipinski definition) is 4. The van der Waals surface area contributed by atoms with Gasteiger partial charge in [0.2, 0.25) is 0 Å². The van der Waals surface area contributed by atoms with Crippen LogP contribution in [0.2, 0.25) is 0 Å². The van der Waals surface area contributed by atoms with Crippen LogP contribution in [0.1, 0.15) is 50.7 Å². The van der Waals surface area contributed by atoms with Crippen molar-refractivity contribution in [2.45, 2.75) is 39.5 Å². The summed E-state index contributed by atoms with van der Waals surface area (Å²) in [5.41, 5.74) is 1.98. The minimum absolute atomic E-state index is 0.442. The maximum absolute atomic E-state index is 10.1. The Hall–Kier alpha value is -2.93. The minimum atomic E-state index is 0.442. The first-order valence-corrected chi connectivity index (χ1v) is 10.2. The standard InChI is InChI=1S/C25H31NO3/c1-5-7-11-19(6-2)18-29-25(20-12-9-8-10-13-20)23(17-26)22-16-21(27-3)14-15-24(22)28-4/h8-10,12-16,19H,5-7,11,18H2,1-4H3. The van der Waals surface area contributed by atoms with E-state index in [9.17, 15) is 5.26 Å². The average Bonchev–Trinajstić information content (AvgIpc) is 2.78.